The summed E-state index contributed by atoms with van der Waals surface area (Å²) < 4.78 is 27.9. The minimum Gasteiger partial charge on any atom is -0.197 e. The highest BCUT2D eigenvalue weighted by Crippen LogP contribution is 2.27. The number of hydrogen-bond acceptors (Lipinski definition) is 1. The summed E-state index contributed by atoms with van der Waals surface area (Å²) in [6.45, 7) is 2.47. The molecular weight excluding hydrogens is 204 g/mol. The van der Waals surface area contributed by atoms with Crippen molar-refractivity contribution in [1.82, 2.24) is 0 Å². The Morgan fingerprint density at radius 3 is 2.71 bits per heavy atom. The van der Waals surface area contributed by atoms with E-state index >= 15 is 0 Å². The highest BCUT2D eigenvalue weighted by Gasteiger charge is 2.26. The van der Waals surface area contributed by atoms with Gasteiger partial charge < -0.3 is 0 Å². The first-order valence-corrected chi connectivity index (χ1v) is 5.25. The van der Waals surface area contributed by atoms with Crippen LogP contribution in [0.25, 0.3) is 10.2 Å². The van der Waals surface area contributed by atoms with E-state index in [0.717, 1.165) is 10.2 Å². The third-order valence-electron chi connectivity index (χ3n) is 2.14. The number of aryl methyl sites for hydroxylation is 1. The van der Waals surface area contributed by atoms with E-state index in [1.54, 1.807) is 4.57 Å². The maximum Gasteiger partial charge on any atom is 0.331 e. The Labute approximate surface area is 84.6 Å². The van der Waals surface area contributed by atoms with E-state index in [-0.39, 0.29) is 5.01 Å². The Bertz CT molecular complexity index is 450. The van der Waals surface area contributed by atoms with Crippen molar-refractivity contribution in [2.45, 2.75) is 19.9 Å². The number of para-hydroxylation sites is 1. The van der Waals surface area contributed by atoms with Crippen molar-refractivity contribution in [2.75, 3.05) is 0 Å². The molecule has 0 saturated heterocycles. The zero-order valence-corrected chi connectivity index (χ0v) is 8.52. The molecule has 0 spiro atoms. The highest BCUT2D eigenvalue weighted by molar-refractivity contribution is 7.18. The van der Waals surface area contributed by atoms with Gasteiger partial charge in [0.05, 0.1) is 0 Å². The standard InChI is InChI=1S/C10H10F2NS/c1-2-13-7-5-3-4-6-8(7)14-10(13)9(11)12/h3-6,9H,2H2,1H3/q+1. The lowest BCUT2D eigenvalue weighted by Gasteiger charge is -1.93. The van der Waals surface area contributed by atoms with Crippen molar-refractivity contribution in [1.29, 1.82) is 0 Å². The van der Waals surface area contributed by atoms with Crippen LogP contribution in [0.4, 0.5) is 8.78 Å². The second kappa shape index (κ2) is 3.61. The van der Waals surface area contributed by atoms with Gasteiger partial charge in [0.15, 0.2) is 0 Å². The van der Waals surface area contributed by atoms with Crippen molar-refractivity contribution < 1.29 is 13.3 Å². The van der Waals surface area contributed by atoms with Crippen molar-refractivity contribution in [3.8, 4) is 0 Å². The van der Waals surface area contributed by atoms with E-state index in [4.69, 9.17) is 0 Å². The molecule has 1 aromatic heterocycles. The molecule has 74 valence electrons. The van der Waals surface area contributed by atoms with Gasteiger partial charge in [-0.2, -0.15) is 13.3 Å². The Kier molecular flexibility index (Phi) is 2.46. The van der Waals surface area contributed by atoms with Gasteiger partial charge in [-0.1, -0.05) is 23.5 Å². The van der Waals surface area contributed by atoms with Crippen LogP contribution in [0.5, 0.6) is 0 Å². The topological polar surface area (TPSA) is 3.88 Å². The predicted octanol–water partition coefficient (Wildman–Crippen LogP) is 3.15. The lowest BCUT2D eigenvalue weighted by atomic mass is 10.3. The number of alkyl halides is 2. The molecule has 0 aliphatic carbocycles. The molecule has 0 unspecified atom stereocenters. The molecule has 1 heterocycles. The van der Waals surface area contributed by atoms with Crippen LogP contribution >= 0.6 is 11.3 Å². The molecule has 0 N–H and O–H groups in total. The monoisotopic (exact) mass is 214 g/mol. The fraction of sp³-hybridized carbons (Fsp3) is 0.300. The summed E-state index contributed by atoms with van der Waals surface area (Å²) in [4.78, 5) is 0. The molecule has 0 bridgehead atoms. The summed E-state index contributed by atoms with van der Waals surface area (Å²) in [6.07, 6.45) is -2.38. The zero-order valence-electron chi connectivity index (χ0n) is 7.71. The summed E-state index contributed by atoms with van der Waals surface area (Å²) in [5.74, 6) is 0. The lowest BCUT2D eigenvalue weighted by molar-refractivity contribution is -0.675. The summed E-state index contributed by atoms with van der Waals surface area (Å²) in [7, 11) is 0. The van der Waals surface area contributed by atoms with Crippen molar-refractivity contribution in [2.24, 2.45) is 0 Å². The van der Waals surface area contributed by atoms with Gasteiger partial charge in [0.1, 0.15) is 11.2 Å². The highest BCUT2D eigenvalue weighted by atomic mass is 32.1. The molecule has 0 fully saturated rings. The molecule has 14 heavy (non-hydrogen) atoms. The molecule has 0 saturated carbocycles. The SMILES string of the molecule is CC[n+]1c(C(F)F)sc2ccccc21. The first-order valence-electron chi connectivity index (χ1n) is 4.43. The third-order valence-corrected chi connectivity index (χ3v) is 3.31. The second-order valence-corrected chi connectivity index (χ2v) is 4.02. The number of halogens is 2. The summed E-state index contributed by atoms with van der Waals surface area (Å²) >= 11 is 1.17. The summed E-state index contributed by atoms with van der Waals surface area (Å²) in [5, 5.41) is 0.147. The average molecular weight is 214 g/mol. The molecule has 0 aliphatic heterocycles. The molecule has 0 aliphatic rings. The van der Waals surface area contributed by atoms with Gasteiger partial charge in [0.2, 0.25) is 5.52 Å². The van der Waals surface area contributed by atoms with Gasteiger partial charge in [0, 0.05) is 6.07 Å². The quantitative estimate of drug-likeness (QED) is 0.676. The molecule has 1 aromatic carbocycles. The van der Waals surface area contributed by atoms with Crippen LogP contribution in [-0.4, -0.2) is 0 Å². The second-order valence-electron chi connectivity index (χ2n) is 2.95. The summed E-state index contributed by atoms with van der Waals surface area (Å²) in [6, 6.07) is 7.49. The van der Waals surface area contributed by atoms with Crippen molar-refractivity contribution >= 4 is 21.6 Å². The third kappa shape index (κ3) is 1.39. The van der Waals surface area contributed by atoms with Crippen LogP contribution in [0.1, 0.15) is 18.4 Å². The number of aromatic nitrogens is 1. The van der Waals surface area contributed by atoms with Crippen LogP contribution in [0.2, 0.25) is 0 Å². The van der Waals surface area contributed by atoms with Gasteiger partial charge in [0.25, 0.3) is 0 Å². The number of benzene rings is 1. The van der Waals surface area contributed by atoms with Gasteiger partial charge in [-0.15, -0.1) is 0 Å². The van der Waals surface area contributed by atoms with Crippen LogP contribution in [0, 0.1) is 0 Å². The Morgan fingerprint density at radius 2 is 2.07 bits per heavy atom. The van der Waals surface area contributed by atoms with Crippen LogP contribution in [0.15, 0.2) is 24.3 Å². The van der Waals surface area contributed by atoms with Crippen molar-refractivity contribution in [3.05, 3.63) is 29.3 Å². The van der Waals surface area contributed by atoms with E-state index in [0.29, 0.717) is 6.54 Å². The van der Waals surface area contributed by atoms with E-state index in [2.05, 4.69) is 0 Å². The Balaban J connectivity index is 2.72. The smallest absolute Gasteiger partial charge is 0.197 e. The van der Waals surface area contributed by atoms with Gasteiger partial charge >= 0.3 is 11.4 Å². The number of thiazole rings is 1. The largest absolute Gasteiger partial charge is 0.331 e. The molecule has 2 aromatic rings. The zero-order chi connectivity index (χ0) is 10.1. The van der Waals surface area contributed by atoms with Crippen LogP contribution in [0.3, 0.4) is 0 Å². The number of hydrogen-bond donors (Lipinski definition) is 0. The molecular formula is C10H10F2NS+. The molecule has 0 atom stereocenters. The maximum absolute atomic E-state index is 12.6. The van der Waals surface area contributed by atoms with Gasteiger partial charge in [-0.25, -0.2) is 0 Å². The fourth-order valence-electron chi connectivity index (χ4n) is 1.54. The van der Waals surface area contributed by atoms with E-state index < -0.39 is 6.43 Å². The minimum absolute atomic E-state index is 0.147. The van der Waals surface area contributed by atoms with Crippen molar-refractivity contribution in [3.63, 3.8) is 0 Å². The average Bonchev–Trinajstić information content (AvgIpc) is 2.56. The normalized spacial score (nSPS) is 11.4. The van der Waals surface area contributed by atoms with Crippen LogP contribution < -0.4 is 4.57 Å². The first kappa shape index (κ1) is 9.52. The first-order chi connectivity index (χ1) is 6.74. The predicted molar refractivity (Wildman–Crippen MR) is 52.7 cm³/mol. The molecule has 4 heteroatoms. The van der Waals surface area contributed by atoms with Crippen LogP contribution in [-0.2, 0) is 6.54 Å². The van der Waals surface area contributed by atoms with E-state index in [1.807, 2.05) is 31.2 Å². The number of fused-ring (bicyclic) bond motifs is 1. The molecule has 0 radical (unpaired) electrons. The maximum atomic E-state index is 12.6. The number of nitrogens with zero attached hydrogens (tertiary/aromatic N) is 1. The van der Waals surface area contributed by atoms with Gasteiger partial charge in [-0.3, -0.25) is 0 Å². The summed E-state index contributed by atoms with van der Waals surface area (Å²) in [5.41, 5.74) is 0.898. The molecule has 2 rings (SSSR count). The minimum atomic E-state index is -2.38. The Hall–Kier alpha value is -1.03. The molecule has 0 amide bonds. The fourth-order valence-corrected chi connectivity index (χ4v) is 2.62. The van der Waals surface area contributed by atoms with Gasteiger partial charge in [-0.05, 0) is 13.0 Å². The van der Waals surface area contributed by atoms with E-state index in [9.17, 15) is 8.78 Å². The molecule has 1 nitrogen and oxygen atoms in total. The lowest BCUT2D eigenvalue weighted by Crippen LogP contribution is -2.35. The Morgan fingerprint density at radius 1 is 1.36 bits per heavy atom. The number of rotatable bonds is 2. The van der Waals surface area contributed by atoms with E-state index in [1.165, 1.54) is 11.3 Å².